The number of H-pyrrole nitrogens is 1. The van der Waals surface area contributed by atoms with Crippen molar-refractivity contribution in [1.82, 2.24) is 14.5 Å². The van der Waals surface area contributed by atoms with Crippen LogP contribution in [0.25, 0.3) is 10.9 Å². The number of carbonyl (C=O) groups is 1. The number of rotatable bonds is 4. The van der Waals surface area contributed by atoms with Crippen molar-refractivity contribution in [3.05, 3.63) is 69.8 Å². The molecule has 0 saturated carbocycles. The third kappa shape index (κ3) is 2.82. The Balaban J connectivity index is 1.46. The molecule has 0 spiro atoms. The van der Waals surface area contributed by atoms with Gasteiger partial charge in [0.2, 0.25) is 0 Å². The number of amides is 1. The Morgan fingerprint density at radius 2 is 2.00 bits per heavy atom. The number of benzene rings is 1. The molecule has 0 unspecified atom stereocenters. The highest BCUT2D eigenvalue weighted by atomic mass is 16.5. The van der Waals surface area contributed by atoms with Crippen LogP contribution in [0.3, 0.4) is 0 Å². The maximum absolute atomic E-state index is 12.8. The summed E-state index contributed by atoms with van der Waals surface area (Å²) in [5, 5.41) is 0.464. The molecule has 4 rings (SSSR count). The van der Waals surface area contributed by atoms with E-state index in [1.54, 1.807) is 17.3 Å². The number of hydrogen-bond donors (Lipinski definition) is 1. The van der Waals surface area contributed by atoms with E-state index in [4.69, 9.17) is 4.74 Å². The highest BCUT2D eigenvalue weighted by molar-refractivity contribution is 6.07. The fraction of sp³-hybridized carbons (Fsp3) is 0.300. The van der Waals surface area contributed by atoms with Crippen molar-refractivity contribution in [1.29, 1.82) is 0 Å². The summed E-state index contributed by atoms with van der Waals surface area (Å²) in [4.78, 5) is 29.5. The molecule has 0 atom stereocenters. The Kier molecular flexibility index (Phi) is 4.12. The first-order valence-corrected chi connectivity index (χ1v) is 8.66. The number of aryl methyl sites for hydroxylation is 2. The number of hydrogen-bond acceptors (Lipinski definition) is 3. The van der Waals surface area contributed by atoms with E-state index < -0.39 is 0 Å². The number of likely N-dealkylation sites (tertiary alicyclic amines) is 1. The zero-order chi connectivity index (χ0) is 18.3. The molecule has 0 radical (unpaired) electrons. The van der Waals surface area contributed by atoms with Gasteiger partial charge in [0.25, 0.3) is 11.5 Å². The van der Waals surface area contributed by atoms with Crippen molar-refractivity contribution in [2.75, 3.05) is 13.1 Å². The maximum atomic E-state index is 12.8. The summed E-state index contributed by atoms with van der Waals surface area (Å²) < 4.78 is 7.69. The van der Waals surface area contributed by atoms with E-state index >= 15 is 0 Å². The average molecular weight is 351 g/mol. The van der Waals surface area contributed by atoms with Gasteiger partial charge >= 0.3 is 0 Å². The van der Waals surface area contributed by atoms with Gasteiger partial charge in [-0.25, -0.2) is 0 Å². The molecule has 0 bridgehead atoms. The van der Waals surface area contributed by atoms with Gasteiger partial charge in [-0.15, -0.1) is 0 Å². The average Bonchev–Trinajstić information content (AvgIpc) is 2.96. The Hall–Kier alpha value is -2.86. The summed E-state index contributed by atoms with van der Waals surface area (Å²) in [6.07, 6.45) is 3.46. The molecule has 1 aliphatic heterocycles. The topological polar surface area (TPSA) is 67.3 Å². The molecule has 6 heteroatoms. The first-order chi connectivity index (χ1) is 12.5. The fourth-order valence-corrected chi connectivity index (χ4v) is 3.48. The molecule has 1 amide bonds. The van der Waals surface area contributed by atoms with Crippen LogP contribution in [0.4, 0.5) is 0 Å². The predicted molar refractivity (Wildman–Crippen MR) is 99.2 cm³/mol. The van der Waals surface area contributed by atoms with Crippen molar-refractivity contribution in [2.24, 2.45) is 7.05 Å². The first kappa shape index (κ1) is 16.6. The van der Waals surface area contributed by atoms with Crippen molar-refractivity contribution >= 4 is 16.8 Å². The number of nitrogens with zero attached hydrogens (tertiary/aromatic N) is 2. The van der Waals surface area contributed by atoms with Gasteiger partial charge in [-0.3, -0.25) is 9.59 Å². The van der Waals surface area contributed by atoms with Gasteiger partial charge in [0.15, 0.2) is 0 Å². The monoisotopic (exact) mass is 351 g/mol. The van der Waals surface area contributed by atoms with E-state index in [2.05, 4.69) is 4.98 Å². The SMILES string of the molecule is Cc1c[nH]c(=O)c2c(C(=O)N3CC(OCc4ccccc4)C3)cn(C)c12. The lowest BCUT2D eigenvalue weighted by atomic mass is 10.1. The minimum atomic E-state index is -0.230. The Labute approximate surface area is 151 Å². The summed E-state index contributed by atoms with van der Waals surface area (Å²) in [6, 6.07) is 9.98. The van der Waals surface area contributed by atoms with Crippen LogP contribution in [0.1, 0.15) is 21.5 Å². The maximum Gasteiger partial charge on any atom is 0.258 e. The lowest BCUT2D eigenvalue weighted by Crippen LogP contribution is -2.54. The van der Waals surface area contributed by atoms with Crippen molar-refractivity contribution < 1.29 is 9.53 Å². The zero-order valence-corrected chi connectivity index (χ0v) is 14.9. The summed E-state index contributed by atoms with van der Waals surface area (Å²) in [7, 11) is 1.85. The van der Waals surface area contributed by atoms with Crippen LogP contribution < -0.4 is 5.56 Å². The van der Waals surface area contributed by atoms with E-state index in [9.17, 15) is 9.59 Å². The number of fused-ring (bicyclic) bond motifs is 1. The number of pyridine rings is 1. The largest absolute Gasteiger partial charge is 0.370 e. The summed E-state index contributed by atoms with van der Waals surface area (Å²) in [6.45, 7) is 3.56. The number of carbonyl (C=O) groups excluding carboxylic acids is 1. The standard InChI is InChI=1S/C20H21N3O3/c1-13-8-21-19(24)17-16(11-22(2)18(13)17)20(25)23-9-15(10-23)26-12-14-6-4-3-5-7-14/h3-8,11,15H,9-10,12H2,1-2H3,(H,21,24). The molecule has 1 aromatic carbocycles. The highest BCUT2D eigenvalue weighted by Gasteiger charge is 2.33. The van der Waals surface area contributed by atoms with Crippen LogP contribution in [0, 0.1) is 6.92 Å². The lowest BCUT2D eigenvalue weighted by Gasteiger charge is -2.38. The van der Waals surface area contributed by atoms with E-state index in [-0.39, 0.29) is 17.6 Å². The van der Waals surface area contributed by atoms with Gasteiger partial charge in [0, 0.05) is 32.5 Å². The number of nitrogens with one attached hydrogen (secondary N) is 1. The Bertz CT molecular complexity index is 1010. The molecule has 3 heterocycles. The minimum absolute atomic E-state index is 0.0363. The molecule has 0 aliphatic carbocycles. The molecule has 3 aromatic rings. The van der Waals surface area contributed by atoms with E-state index in [0.29, 0.717) is 30.6 Å². The molecule has 1 saturated heterocycles. The van der Waals surface area contributed by atoms with Crippen LogP contribution >= 0.6 is 0 Å². The van der Waals surface area contributed by atoms with Gasteiger partial charge in [-0.2, -0.15) is 0 Å². The van der Waals surface area contributed by atoms with Crippen LogP contribution in [-0.2, 0) is 18.4 Å². The first-order valence-electron chi connectivity index (χ1n) is 8.66. The molecule has 2 aromatic heterocycles. The molecular formula is C20H21N3O3. The van der Waals surface area contributed by atoms with Gasteiger partial charge in [0.1, 0.15) is 0 Å². The fourth-order valence-electron chi connectivity index (χ4n) is 3.48. The van der Waals surface area contributed by atoms with Crippen molar-refractivity contribution in [3.63, 3.8) is 0 Å². The molecule has 6 nitrogen and oxygen atoms in total. The van der Waals surface area contributed by atoms with Crippen LogP contribution in [-0.4, -0.2) is 39.6 Å². The number of aromatic amines is 1. The smallest absolute Gasteiger partial charge is 0.258 e. The molecule has 26 heavy (non-hydrogen) atoms. The van der Waals surface area contributed by atoms with Gasteiger partial charge < -0.3 is 19.2 Å². The van der Waals surface area contributed by atoms with Crippen molar-refractivity contribution in [3.8, 4) is 0 Å². The number of ether oxygens (including phenoxy) is 1. The third-order valence-corrected chi connectivity index (χ3v) is 4.90. The van der Waals surface area contributed by atoms with Crippen LogP contribution in [0.5, 0.6) is 0 Å². The normalized spacial score (nSPS) is 14.6. The summed E-state index contributed by atoms with van der Waals surface area (Å²) in [5.74, 6) is -0.119. The number of aromatic nitrogens is 2. The highest BCUT2D eigenvalue weighted by Crippen LogP contribution is 2.24. The van der Waals surface area contributed by atoms with Gasteiger partial charge in [0.05, 0.1) is 29.2 Å². The quantitative estimate of drug-likeness (QED) is 0.784. The van der Waals surface area contributed by atoms with E-state index in [1.807, 2.05) is 48.9 Å². The summed E-state index contributed by atoms with van der Waals surface area (Å²) >= 11 is 0. The molecular weight excluding hydrogens is 330 g/mol. The Morgan fingerprint density at radius 3 is 2.73 bits per heavy atom. The van der Waals surface area contributed by atoms with E-state index in [0.717, 1.165) is 16.6 Å². The lowest BCUT2D eigenvalue weighted by molar-refractivity contribution is -0.0502. The minimum Gasteiger partial charge on any atom is -0.370 e. The molecule has 1 N–H and O–H groups in total. The second kappa shape index (κ2) is 6.46. The van der Waals surface area contributed by atoms with Gasteiger partial charge in [-0.05, 0) is 18.1 Å². The second-order valence-electron chi connectivity index (χ2n) is 6.81. The third-order valence-electron chi connectivity index (χ3n) is 4.90. The van der Waals surface area contributed by atoms with Gasteiger partial charge in [-0.1, -0.05) is 30.3 Å². The molecule has 1 fully saturated rings. The van der Waals surface area contributed by atoms with Crippen LogP contribution in [0.15, 0.2) is 47.5 Å². The predicted octanol–water partition coefficient (Wildman–Crippen LogP) is 2.22. The second-order valence-corrected chi connectivity index (χ2v) is 6.81. The Morgan fingerprint density at radius 1 is 1.27 bits per heavy atom. The summed E-state index contributed by atoms with van der Waals surface area (Å²) in [5.41, 5.74) is 3.08. The van der Waals surface area contributed by atoms with E-state index in [1.165, 1.54) is 0 Å². The van der Waals surface area contributed by atoms with Crippen LogP contribution in [0.2, 0.25) is 0 Å². The van der Waals surface area contributed by atoms with Crippen molar-refractivity contribution in [2.45, 2.75) is 19.6 Å². The molecule has 134 valence electrons. The zero-order valence-electron chi connectivity index (χ0n) is 14.9. The molecule has 1 aliphatic rings.